The van der Waals surface area contributed by atoms with Crippen molar-refractivity contribution in [2.75, 3.05) is 0 Å². The lowest BCUT2D eigenvalue weighted by Crippen LogP contribution is -2.05. The van der Waals surface area contributed by atoms with Crippen LogP contribution in [0.5, 0.6) is 0 Å². The highest BCUT2D eigenvalue weighted by Crippen LogP contribution is 2.44. The third-order valence-electron chi connectivity index (χ3n) is 4.55. The molecule has 5 nitrogen and oxygen atoms in total. The maximum absolute atomic E-state index is 14.3. The third-order valence-corrected chi connectivity index (χ3v) is 4.55. The normalized spacial score (nSPS) is 14.4. The van der Waals surface area contributed by atoms with Crippen LogP contribution in [0, 0.1) is 5.82 Å². The number of aromatic nitrogens is 3. The molecule has 1 fully saturated rings. The molecule has 0 bridgehead atoms. The molecule has 1 aliphatic carbocycles. The van der Waals surface area contributed by atoms with Crippen LogP contribution in [0.4, 0.5) is 4.39 Å². The summed E-state index contributed by atoms with van der Waals surface area (Å²) in [6.45, 7) is 3.90. The largest absolute Gasteiger partial charge is 0.478 e. The average molecular weight is 339 g/mol. The molecule has 1 N–H and O–H groups in total. The molecule has 1 aliphatic rings. The highest BCUT2D eigenvalue weighted by Gasteiger charge is 2.33. The van der Waals surface area contributed by atoms with Crippen LogP contribution in [0.25, 0.3) is 16.7 Å². The van der Waals surface area contributed by atoms with E-state index < -0.39 is 11.8 Å². The second-order valence-electron chi connectivity index (χ2n) is 6.78. The smallest absolute Gasteiger partial charge is 0.336 e. The molecule has 0 saturated heterocycles. The van der Waals surface area contributed by atoms with E-state index in [0.717, 1.165) is 12.8 Å². The first-order chi connectivity index (χ1) is 12.0. The molecule has 0 atom stereocenters. The maximum atomic E-state index is 14.3. The first kappa shape index (κ1) is 15.7. The van der Waals surface area contributed by atoms with Crippen molar-refractivity contribution in [3.05, 3.63) is 53.1 Å². The Hall–Kier alpha value is -2.76. The summed E-state index contributed by atoms with van der Waals surface area (Å²) in [6, 6.07) is 7.95. The summed E-state index contributed by atoms with van der Waals surface area (Å²) in [5.41, 5.74) is 2.25. The molecule has 6 heteroatoms. The first-order valence-electron chi connectivity index (χ1n) is 8.39. The summed E-state index contributed by atoms with van der Waals surface area (Å²) in [6.07, 6.45) is 1.93. The number of carboxylic acid groups (broad SMARTS) is 1. The summed E-state index contributed by atoms with van der Waals surface area (Å²) >= 11 is 0. The molecule has 1 saturated carbocycles. The van der Waals surface area contributed by atoms with Crippen LogP contribution in [-0.4, -0.2) is 25.8 Å². The lowest BCUT2D eigenvalue weighted by atomic mass is 10.0. The third kappa shape index (κ3) is 2.58. The molecular weight excluding hydrogens is 321 g/mol. The minimum Gasteiger partial charge on any atom is -0.478 e. The minimum atomic E-state index is -1.01. The van der Waals surface area contributed by atoms with Crippen molar-refractivity contribution in [2.45, 2.75) is 38.5 Å². The summed E-state index contributed by atoms with van der Waals surface area (Å²) in [5.74, 6) is -1.15. The lowest BCUT2D eigenvalue weighted by molar-refractivity contribution is 0.0698. The number of carbonyl (C=O) groups is 1. The van der Waals surface area contributed by atoms with Gasteiger partial charge < -0.3 is 5.11 Å². The molecule has 128 valence electrons. The molecule has 0 aliphatic heterocycles. The zero-order valence-electron chi connectivity index (χ0n) is 14.0. The Morgan fingerprint density at radius 2 is 2.04 bits per heavy atom. The fraction of sp³-hybridized carbons (Fsp3) is 0.316. The number of para-hydroxylation sites is 1. The number of nitrogens with zero attached hydrogens (tertiary/aromatic N) is 3. The lowest BCUT2D eigenvalue weighted by Gasteiger charge is -2.09. The molecule has 2 heterocycles. The van der Waals surface area contributed by atoms with Gasteiger partial charge in [-0.25, -0.2) is 18.9 Å². The molecule has 4 rings (SSSR count). The van der Waals surface area contributed by atoms with Gasteiger partial charge in [0.05, 0.1) is 16.6 Å². The second-order valence-corrected chi connectivity index (χ2v) is 6.78. The van der Waals surface area contributed by atoms with Gasteiger partial charge in [-0.2, -0.15) is 5.10 Å². The standard InChI is InChI=1S/C19H18FN3O2/c1-10(2)14-9-12(19(24)25)16-17(11-7-8-11)22-23(18(16)21-14)15-6-4-3-5-13(15)20/h3-6,9-11H,7-8H2,1-2H3,(H,24,25). The zero-order chi connectivity index (χ0) is 17.7. The van der Waals surface area contributed by atoms with Gasteiger partial charge in [0.2, 0.25) is 0 Å². The van der Waals surface area contributed by atoms with E-state index in [1.807, 2.05) is 13.8 Å². The van der Waals surface area contributed by atoms with E-state index in [0.29, 0.717) is 22.4 Å². The van der Waals surface area contributed by atoms with Gasteiger partial charge in [-0.05, 0) is 37.0 Å². The van der Waals surface area contributed by atoms with Crippen molar-refractivity contribution in [3.8, 4) is 5.69 Å². The molecule has 0 amide bonds. The number of rotatable bonds is 4. The molecule has 0 radical (unpaired) electrons. The maximum Gasteiger partial charge on any atom is 0.336 e. The number of carboxylic acids is 1. The zero-order valence-corrected chi connectivity index (χ0v) is 14.0. The number of pyridine rings is 1. The van der Waals surface area contributed by atoms with Crippen molar-refractivity contribution in [2.24, 2.45) is 0 Å². The Bertz CT molecular complexity index is 990. The van der Waals surface area contributed by atoms with Gasteiger partial charge in [0.15, 0.2) is 5.65 Å². The minimum absolute atomic E-state index is 0.0517. The number of hydrogen-bond donors (Lipinski definition) is 1. The van der Waals surface area contributed by atoms with Gasteiger partial charge in [-0.1, -0.05) is 26.0 Å². The van der Waals surface area contributed by atoms with E-state index in [9.17, 15) is 14.3 Å². The average Bonchev–Trinajstić information content (AvgIpc) is 3.35. The topological polar surface area (TPSA) is 68.0 Å². The molecule has 3 aromatic rings. The van der Waals surface area contributed by atoms with Crippen molar-refractivity contribution in [1.82, 2.24) is 14.8 Å². The highest BCUT2D eigenvalue weighted by atomic mass is 19.1. The van der Waals surface area contributed by atoms with E-state index in [-0.39, 0.29) is 23.1 Å². The van der Waals surface area contributed by atoms with Gasteiger partial charge in [0.1, 0.15) is 11.5 Å². The van der Waals surface area contributed by atoms with Crippen molar-refractivity contribution in [3.63, 3.8) is 0 Å². The Morgan fingerprint density at radius 3 is 2.64 bits per heavy atom. The molecule has 0 spiro atoms. The molecule has 2 aromatic heterocycles. The summed E-state index contributed by atoms with van der Waals surface area (Å²) in [5, 5.41) is 14.8. The Morgan fingerprint density at radius 1 is 1.32 bits per heavy atom. The molecule has 1 aromatic carbocycles. The molecule has 0 unspecified atom stereocenters. The number of hydrogen-bond acceptors (Lipinski definition) is 3. The monoisotopic (exact) mass is 339 g/mol. The molecule has 25 heavy (non-hydrogen) atoms. The van der Waals surface area contributed by atoms with Gasteiger partial charge in [-0.15, -0.1) is 0 Å². The summed E-state index contributed by atoms with van der Waals surface area (Å²) in [7, 11) is 0. The Balaban J connectivity index is 2.10. The van der Waals surface area contributed by atoms with Crippen LogP contribution < -0.4 is 0 Å². The first-order valence-corrected chi connectivity index (χ1v) is 8.39. The molecular formula is C19H18FN3O2. The fourth-order valence-corrected chi connectivity index (χ4v) is 3.06. The van der Waals surface area contributed by atoms with E-state index in [1.165, 1.54) is 10.7 Å². The van der Waals surface area contributed by atoms with E-state index >= 15 is 0 Å². The Labute approximate surface area is 144 Å². The Kier molecular flexibility index (Phi) is 3.56. The highest BCUT2D eigenvalue weighted by molar-refractivity contribution is 6.03. The van der Waals surface area contributed by atoms with Crippen LogP contribution >= 0.6 is 0 Å². The second kappa shape index (κ2) is 5.65. The van der Waals surface area contributed by atoms with Crippen molar-refractivity contribution >= 4 is 17.0 Å². The fourth-order valence-electron chi connectivity index (χ4n) is 3.06. The quantitative estimate of drug-likeness (QED) is 0.771. The van der Waals surface area contributed by atoms with Crippen LogP contribution in [0.2, 0.25) is 0 Å². The number of fused-ring (bicyclic) bond motifs is 1. The van der Waals surface area contributed by atoms with Gasteiger partial charge >= 0.3 is 5.97 Å². The number of aromatic carboxylic acids is 1. The van der Waals surface area contributed by atoms with Crippen LogP contribution in [0.3, 0.4) is 0 Å². The summed E-state index contributed by atoms with van der Waals surface area (Å²) < 4.78 is 15.8. The van der Waals surface area contributed by atoms with Crippen LogP contribution in [-0.2, 0) is 0 Å². The van der Waals surface area contributed by atoms with E-state index in [4.69, 9.17) is 0 Å². The van der Waals surface area contributed by atoms with Gasteiger partial charge in [0, 0.05) is 11.6 Å². The number of halogens is 1. The van der Waals surface area contributed by atoms with Crippen molar-refractivity contribution in [1.29, 1.82) is 0 Å². The predicted molar refractivity (Wildman–Crippen MR) is 91.8 cm³/mol. The number of benzene rings is 1. The summed E-state index contributed by atoms with van der Waals surface area (Å²) in [4.78, 5) is 16.5. The van der Waals surface area contributed by atoms with Gasteiger partial charge in [0.25, 0.3) is 0 Å². The van der Waals surface area contributed by atoms with Gasteiger partial charge in [-0.3, -0.25) is 0 Å². The van der Waals surface area contributed by atoms with E-state index in [1.54, 1.807) is 24.3 Å². The van der Waals surface area contributed by atoms with Crippen molar-refractivity contribution < 1.29 is 14.3 Å². The van der Waals surface area contributed by atoms with Crippen LogP contribution in [0.1, 0.15) is 60.3 Å². The van der Waals surface area contributed by atoms with E-state index in [2.05, 4.69) is 10.1 Å². The SMILES string of the molecule is CC(C)c1cc(C(=O)O)c2c(C3CC3)nn(-c3ccccc3F)c2n1. The predicted octanol–water partition coefficient (Wildman–Crippen LogP) is 4.26. The van der Waals surface area contributed by atoms with Crippen LogP contribution in [0.15, 0.2) is 30.3 Å².